The maximum atomic E-state index is 13.4. The molecular weight excluding hydrogens is 380 g/mol. The number of benzene rings is 2. The van der Waals surface area contributed by atoms with Crippen LogP contribution in [0.15, 0.2) is 61.2 Å². The van der Waals surface area contributed by atoms with E-state index in [1.165, 1.54) is 5.56 Å². The summed E-state index contributed by atoms with van der Waals surface area (Å²) in [4.78, 5) is 24.2. The average molecular weight is 405 g/mol. The third kappa shape index (κ3) is 4.22. The van der Waals surface area contributed by atoms with E-state index >= 15 is 0 Å². The first-order chi connectivity index (χ1) is 14.2. The third-order valence-electron chi connectivity index (χ3n) is 4.97. The van der Waals surface area contributed by atoms with Crippen LogP contribution in [0.5, 0.6) is 0 Å². The Morgan fingerprint density at radius 1 is 1.21 bits per heavy atom. The van der Waals surface area contributed by atoms with Crippen molar-refractivity contribution in [3.63, 3.8) is 0 Å². The van der Waals surface area contributed by atoms with Gasteiger partial charge >= 0.3 is 0 Å². The van der Waals surface area contributed by atoms with Crippen molar-refractivity contribution in [2.24, 2.45) is 0 Å². The van der Waals surface area contributed by atoms with Crippen LogP contribution in [0.4, 0.5) is 5.13 Å². The Morgan fingerprint density at radius 3 is 2.83 bits per heavy atom. The highest BCUT2D eigenvalue weighted by Crippen LogP contribution is 2.32. The Labute approximate surface area is 174 Å². The standard InChI is InChI=1S/C23H24N4OS/c1-3-18-8-5-10-20-21(18)25-23(29-20)27(13-6-12-26-14-11-24-16-26)22(28)19-9-4-7-17(2)15-19/h4-5,7-11,14-16H,3,6,12-13H2,1-2H3. The number of carbonyl (C=O) groups is 1. The largest absolute Gasteiger partial charge is 0.337 e. The normalized spacial score (nSPS) is 11.1. The molecule has 0 aliphatic carbocycles. The molecule has 2 aromatic heterocycles. The minimum Gasteiger partial charge on any atom is -0.337 e. The van der Waals surface area contributed by atoms with Crippen molar-refractivity contribution in [2.45, 2.75) is 33.2 Å². The molecule has 0 fully saturated rings. The van der Waals surface area contributed by atoms with Gasteiger partial charge in [0.05, 0.1) is 16.5 Å². The Kier molecular flexibility index (Phi) is 5.71. The van der Waals surface area contributed by atoms with Crippen LogP contribution in [-0.2, 0) is 13.0 Å². The number of para-hydroxylation sites is 1. The SMILES string of the molecule is CCc1cccc2sc(N(CCCn3ccnc3)C(=O)c3cccc(C)c3)nc12. The van der Waals surface area contributed by atoms with Crippen molar-refractivity contribution in [1.29, 1.82) is 0 Å². The first kappa shape index (κ1) is 19.3. The van der Waals surface area contributed by atoms with E-state index < -0.39 is 0 Å². The second-order valence-electron chi connectivity index (χ2n) is 7.09. The number of anilines is 1. The minimum atomic E-state index is -0.00330. The molecule has 0 aliphatic rings. The summed E-state index contributed by atoms with van der Waals surface area (Å²) in [7, 11) is 0. The number of aromatic nitrogens is 3. The Hall–Kier alpha value is -2.99. The van der Waals surface area contributed by atoms with E-state index in [2.05, 4.69) is 30.1 Å². The van der Waals surface area contributed by atoms with Gasteiger partial charge in [-0.2, -0.15) is 0 Å². The summed E-state index contributed by atoms with van der Waals surface area (Å²) in [6.45, 7) is 5.55. The van der Waals surface area contributed by atoms with E-state index in [1.807, 2.05) is 46.9 Å². The highest BCUT2D eigenvalue weighted by molar-refractivity contribution is 7.22. The van der Waals surface area contributed by atoms with Crippen LogP contribution >= 0.6 is 11.3 Å². The number of fused-ring (bicyclic) bond motifs is 1. The first-order valence-electron chi connectivity index (χ1n) is 9.88. The van der Waals surface area contributed by atoms with Crippen molar-refractivity contribution in [1.82, 2.24) is 14.5 Å². The fourth-order valence-electron chi connectivity index (χ4n) is 3.44. The predicted octanol–water partition coefficient (Wildman–Crippen LogP) is 5.10. The Bertz CT molecular complexity index is 1120. The van der Waals surface area contributed by atoms with Gasteiger partial charge in [-0.05, 0) is 43.5 Å². The molecule has 2 heterocycles. The van der Waals surface area contributed by atoms with E-state index in [4.69, 9.17) is 4.98 Å². The van der Waals surface area contributed by atoms with Crippen LogP contribution in [0, 0.1) is 6.92 Å². The van der Waals surface area contributed by atoms with E-state index in [9.17, 15) is 4.79 Å². The lowest BCUT2D eigenvalue weighted by Gasteiger charge is -2.20. The number of thiazole rings is 1. The zero-order valence-electron chi connectivity index (χ0n) is 16.7. The molecule has 0 bridgehead atoms. The fourth-order valence-corrected chi connectivity index (χ4v) is 4.48. The van der Waals surface area contributed by atoms with Gasteiger partial charge < -0.3 is 4.57 Å². The van der Waals surface area contributed by atoms with Crippen LogP contribution in [0.25, 0.3) is 10.2 Å². The lowest BCUT2D eigenvalue weighted by atomic mass is 10.1. The van der Waals surface area contributed by atoms with E-state index in [0.717, 1.165) is 40.3 Å². The second kappa shape index (κ2) is 8.57. The van der Waals surface area contributed by atoms with Crippen LogP contribution in [-0.4, -0.2) is 27.0 Å². The summed E-state index contributed by atoms with van der Waals surface area (Å²) in [6, 6.07) is 14.0. The molecule has 4 rings (SSSR count). The predicted molar refractivity (Wildman–Crippen MR) is 119 cm³/mol. The zero-order valence-corrected chi connectivity index (χ0v) is 17.5. The van der Waals surface area contributed by atoms with Gasteiger partial charge in [0.2, 0.25) is 0 Å². The fraction of sp³-hybridized carbons (Fsp3) is 0.261. The number of nitrogens with zero attached hydrogens (tertiary/aromatic N) is 4. The van der Waals surface area contributed by atoms with Crippen LogP contribution in [0.1, 0.15) is 34.8 Å². The monoisotopic (exact) mass is 404 g/mol. The van der Waals surface area contributed by atoms with Gasteiger partial charge in [-0.25, -0.2) is 9.97 Å². The second-order valence-corrected chi connectivity index (χ2v) is 8.10. The van der Waals surface area contributed by atoms with Gasteiger partial charge in [0.1, 0.15) is 0 Å². The number of carbonyl (C=O) groups excluding carboxylic acids is 1. The summed E-state index contributed by atoms with van der Waals surface area (Å²) in [6.07, 6.45) is 7.27. The maximum Gasteiger partial charge on any atom is 0.260 e. The van der Waals surface area contributed by atoms with Gasteiger partial charge in [-0.3, -0.25) is 9.69 Å². The molecule has 2 aromatic carbocycles. The van der Waals surface area contributed by atoms with Crippen LogP contribution in [0.3, 0.4) is 0 Å². The van der Waals surface area contributed by atoms with Crippen molar-refractivity contribution in [3.8, 4) is 0 Å². The molecule has 4 aromatic rings. The molecule has 0 saturated carbocycles. The molecule has 0 spiro atoms. The highest BCUT2D eigenvalue weighted by Gasteiger charge is 2.21. The van der Waals surface area contributed by atoms with Gasteiger partial charge in [-0.1, -0.05) is 48.1 Å². The number of rotatable bonds is 7. The molecule has 5 nitrogen and oxygen atoms in total. The molecule has 0 unspecified atom stereocenters. The number of hydrogen-bond donors (Lipinski definition) is 0. The van der Waals surface area contributed by atoms with Gasteiger partial charge in [0.15, 0.2) is 5.13 Å². The Morgan fingerprint density at radius 2 is 2.07 bits per heavy atom. The van der Waals surface area contributed by atoms with Gasteiger partial charge in [0.25, 0.3) is 5.91 Å². The average Bonchev–Trinajstić information content (AvgIpc) is 3.40. The van der Waals surface area contributed by atoms with Crippen molar-refractivity contribution >= 4 is 32.6 Å². The minimum absolute atomic E-state index is 0.00330. The summed E-state index contributed by atoms with van der Waals surface area (Å²) in [5.41, 5.74) is 3.99. The summed E-state index contributed by atoms with van der Waals surface area (Å²) in [5, 5.41) is 0.762. The molecule has 0 atom stereocenters. The maximum absolute atomic E-state index is 13.4. The number of amides is 1. The zero-order chi connectivity index (χ0) is 20.2. The summed E-state index contributed by atoms with van der Waals surface area (Å²) in [5.74, 6) is -0.00330. The molecule has 148 valence electrons. The van der Waals surface area contributed by atoms with Crippen molar-refractivity contribution in [3.05, 3.63) is 77.9 Å². The molecule has 0 saturated heterocycles. The number of aryl methyl sites for hydroxylation is 3. The number of imidazole rings is 1. The third-order valence-corrected chi connectivity index (χ3v) is 6.01. The molecule has 0 aliphatic heterocycles. The van der Waals surface area contributed by atoms with Gasteiger partial charge in [-0.15, -0.1) is 0 Å². The van der Waals surface area contributed by atoms with E-state index in [-0.39, 0.29) is 5.91 Å². The Balaban J connectivity index is 1.66. The smallest absolute Gasteiger partial charge is 0.260 e. The summed E-state index contributed by atoms with van der Waals surface area (Å²) < 4.78 is 3.15. The quantitative estimate of drug-likeness (QED) is 0.430. The first-order valence-corrected chi connectivity index (χ1v) is 10.7. The molecular formula is C23H24N4OS. The molecule has 1 amide bonds. The van der Waals surface area contributed by atoms with Crippen molar-refractivity contribution < 1.29 is 4.79 Å². The topological polar surface area (TPSA) is 51.0 Å². The van der Waals surface area contributed by atoms with Crippen LogP contribution < -0.4 is 4.90 Å². The van der Waals surface area contributed by atoms with E-state index in [0.29, 0.717) is 12.1 Å². The molecule has 6 heteroatoms. The van der Waals surface area contributed by atoms with Crippen LogP contribution in [0.2, 0.25) is 0 Å². The van der Waals surface area contributed by atoms with E-state index in [1.54, 1.807) is 23.9 Å². The number of hydrogen-bond acceptors (Lipinski definition) is 4. The molecule has 0 radical (unpaired) electrons. The highest BCUT2D eigenvalue weighted by atomic mass is 32.1. The molecule has 29 heavy (non-hydrogen) atoms. The van der Waals surface area contributed by atoms with Gasteiger partial charge in [0, 0.05) is 31.0 Å². The lowest BCUT2D eigenvalue weighted by molar-refractivity contribution is 0.0986. The lowest BCUT2D eigenvalue weighted by Crippen LogP contribution is -2.32. The van der Waals surface area contributed by atoms with Crippen molar-refractivity contribution in [2.75, 3.05) is 11.4 Å². The summed E-state index contributed by atoms with van der Waals surface area (Å²) >= 11 is 1.58. The molecule has 0 N–H and O–H groups in total.